The van der Waals surface area contributed by atoms with Crippen molar-refractivity contribution in [2.24, 2.45) is 11.8 Å². The Morgan fingerprint density at radius 3 is 2.42 bits per heavy atom. The van der Waals surface area contributed by atoms with Crippen molar-refractivity contribution in [3.05, 3.63) is 24.0 Å². The molecule has 0 saturated heterocycles. The van der Waals surface area contributed by atoms with Crippen molar-refractivity contribution in [1.82, 2.24) is 9.97 Å². The number of fused-ring (bicyclic) bond motifs is 1. The first-order chi connectivity index (χ1) is 12.2. The van der Waals surface area contributed by atoms with Gasteiger partial charge in [-0.15, -0.1) is 0 Å². The SMILES string of the molecule is CC.CCC(CCC(C)C)C(O)c1nc2ccc(NS(C)(=O)=O)cc2[nH]1. The second-order valence-electron chi connectivity index (χ2n) is 6.81. The molecule has 3 N–H and O–H groups in total. The highest BCUT2D eigenvalue weighted by Crippen LogP contribution is 2.30. The molecule has 2 rings (SSSR count). The van der Waals surface area contributed by atoms with Crippen molar-refractivity contribution >= 4 is 26.7 Å². The van der Waals surface area contributed by atoms with Gasteiger partial charge in [0.1, 0.15) is 11.9 Å². The van der Waals surface area contributed by atoms with Gasteiger partial charge in [-0.25, -0.2) is 13.4 Å². The fraction of sp³-hybridized carbons (Fsp3) is 0.632. The third kappa shape index (κ3) is 6.61. The molecule has 0 spiro atoms. The highest BCUT2D eigenvalue weighted by molar-refractivity contribution is 7.92. The molecule has 26 heavy (non-hydrogen) atoms. The second kappa shape index (κ2) is 9.92. The number of hydrogen-bond acceptors (Lipinski definition) is 4. The van der Waals surface area contributed by atoms with Gasteiger partial charge in [-0.2, -0.15) is 0 Å². The van der Waals surface area contributed by atoms with Crippen LogP contribution in [0.3, 0.4) is 0 Å². The van der Waals surface area contributed by atoms with Crippen LogP contribution in [0, 0.1) is 11.8 Å². The minimum Gasteiger partial charge on any atom is -0.385 e. The van der Waals surface area contributed by atoms with E-state index in [0.29, 0.717) is 28.5 Å². The van der Waals surface area contributed by atoms with Crippen LogP contribution >= 0.6 is 0 Å². The van der Waals surface area contributed by atoms with Crippen LogP contribution in [0.4, 0.5) is 5.69 Å². The molecule has 2 atom stereocenters. The number of aliphatic hydroxyl groups is 1. The van der Waals surface area contributed by atoms with Crippen molar-refractivity contribution in [1.29, 1.82) is 0 Å². The molecule has 0 fully saturated rings. The van der Waals surface area contributed by atoms with Gasteiger partial charge in [0, 0.05) is 0 Å². The summed E-state index contributed by atoms with van der Waals surface area (Å²) in [7, 11) is -3.32. The summed E-state index contributed by atoms with van der Waals surface area (Å²) in [4.78, 5) is 7.59. The maximum absolute atomic E-state index is 11.3. The lowest BCUT2D eigenvalue weighted by molar-refractivity contribution is 0.0897. The van der Waals surface area contributed by atoms with Crippen LogP contribution in [0.25, 0.3) is 11.0 Å². The average Bonchev–Trinajstić information content (AvgIpc) is 2.98. The van der Waals surface area contributed by atoms with E-state index in [1.165, 1.54) is 0 Å². The molecule has 1 heterocycles. The van der Waals surface area contributed by atoms with Gasteiger partial charge in [0.05, 0.1) is 23.0 Å². The number of aromatic nitrogens is 2. The number of imidazole rings is 1. The summed E-state index contributed by atoms with van der Waals surface area (Å²) in [6.07, 6.45) is 3.37. The molecule has 2 unspecified atom stereocenters. The van der Waals surface area contributed by atoms with Gasteiger partial charge < -0.3 is 10.1 Å². The Morgan fingerprint density at radius 1 is 1.23 bits per heavy atom. The van der Waals surface area contributed by atoms with E-state index in [-0.39, 0.29) is 5.92 Å². The quantitative estimate of drug-likeness (QED) is 0.627. The summed E-state index contributed by atoms with van der Waals surface area (Å²) in [6.45, 7) is 10.4. The Balaban J connectivity index is 0.00000163. The maximum Gasteiger partial charge on any atom is 0.229 e. The molecule has 0 saturated carbocycles. The fourth-order valence-corrected chi connectivity index (χ4v) is 3.36. The molecule has 0 aliphatic carbocycles. The van der Waals surface area contributed by atoms with Crippen LogP contribution in [-0.4, -0.2) is 29.7 Å². The number of nitrogens with zero attached hydrogens (tertiary/aromatic N) is 1. The summed E-state index contributed by atoms with van der Waals surface area (Å²) in [5.41, 5.74) is 1.89. The Morgan fingerprint density at radius 2 is 1.88 bits per heavy atom. The molecule has 148 valence electrons. The van der Waals surface area contributed by atoms with E-state index in [1.54, 1.807) is 18.2 Å². The Bertz CT molecular complexity index is 784. The normalized spacial score (nSPS) is 14.0. The molecule has 0 aliphatic heterocycles. The van der Waals surface area contributed by atoms with Gasteiger partial charge in [-0.1, -0.05) is 47.5 Å². The van der Waals surface area contributed by atoms with Crippen LogP contribution in [-0.2, 0) is 10.0 Å². The smallest absolute Gasteiger partial charge is 0.229 e. The number of H-pyrrole nitrogens is 1. The Labute approximate surface area is 157 Å². The monoisotopic (exact) mass is 383 g/mol. The van der Waals surface area contributed by atoms with E-state index in [4.69, 9.17) is 0 Å². The molecule has 0 amide bonds. The summed E-state index contributed by atoms with van der Waals surface area (Å²) >= 11 is 0. The Kier molecular flexibility index (Phi) is 8.56. The van der Waals surface area contributed by atoms with Gasteiger partial charge in [0.2, 0.25) is 10.0 Å². The van der Waals surface area contributed by atoms with Crippen LogP contribution in [0.2, 0.25) is 0 Å². The van der Waals surface area contributed by atoms with Gasteiger partial charge in [0.15, 0.2) is 0 Å². The van der Waals surface area contributed by atoms with Gasteiger partial charge in [-0.3, -0.25) is 4.72 Å². The molecular weight excluding hydrogens is 350 g/mol. The van der Waals surface area contributed by atoms with Gasteiger partial charge in [0.25, 0.3) is 0 Å². The number of hydrogen-bond donors (Lipinski definition) is 3. The van der Waals surface area contributed by atoms with Crippen LogP contribution < -0.4 is 4.72 Å². The number of anilines is 1. The zero-order chi connectivity index (χ0) is 19.9. The van der Waals surface area contributed by atoms with E-state index >= 15 is 0 Å². The molecule has 2 aromatic rings. The van der Waals surface area contributed by atoms with E-state index < -0.39 is 16.1 Å². The maximum atomic E-state index is 11.3. The average molecular weight is 384 g/mol. The lowest BCUT2D eigenvalue weighted by atomic mass is 9.90. The summed E-state index contributed by atoms with van der Waals surface area (Å²) < 4.78 is 25.1. The number of benzene rings is 1. The first kappa shape index (κ1) is 22.4. The number of nitrogens with one attached hydrogen (secondary N) is 2. The topological polar surface area (TPSA) is 95.1 Å². The van der Waals surface area contributed by atoms with E-state index in [2.05, 4.69) is 35.5 Å². The number of aliphatic hydroxyl groups excluding tert-OH is 1. The first-order valence-electron chi connectivity index (χ1n) is 9.35. The van der Waals surface area contributed by atoms with Crippen molar-refractivity contribution in [2.75, 3.05) is 11.0 Å². The highest BCUT2D eigenvalue weighted by Gasteiger charge is 2.22. The number of aromatic amines is 1. The van der Waals surface area contributed by atoms with Crippen LogP contribution in [0.5, 0.6) is 0 Å². The zero-order valence-corrected chi connectivity index (χ0v) is 17.5. The second-order valence-corrected chi connectivity index (χ2v) is 8.56. The predicted octanol–water partition coefficient (Wildman–Crippen LogP) is 4.46. The van der Waals surface area contributed by atoms with Crippen molar-refractivity contribution < 1.29 is 13.5 Å². The third-order valence-electron chi connectivity index (χ3n) is 4.17. The first-order valence-corrected chi connectivity index (χ1v) is 11.2. The van der Waals surface area contributed by atoms with Crippen molar-refractivity contribution in [3.8, 4) is 0 Å². The zero-order valence-electron chi connectivity index (χ0n) is 16.7. The lowest BCUT2D eigenvalue weighted by Gasteiger charge is -2.20. The third-order valence-corrected chi connectivity index (χ3v) is 4.78. The molecule has 6 nitrogen and oxygen atoms in total. The molecule has 1 aromatic carbocycles. The lowest BCUT2D eigenvalue weighted by Crippen LogP contribution is -2.14. The largest absolute Gasteiger partial charge is 0.385 e. The molecule has 7 heteroatoms. The van der Waals surface area contributed by atoms with E-state index in [1.807, 2.05) is 13.8 Å². The predicted molar refractivity (Wildman–Crippen MR) is 109 cm³/mol. The standard InChI is InChI=1S/C17H27N3O3S.C2H6/c1-5-12(7-6-11(2)3)16(21)17-18-14-9-8-13(10-15(14)19-17)20-24(4,22)23;1-2/h8-12,16,20-21H,5-7H2,1-4H3,(H,18,19);1-2H3. The Hall–Kier alpha value is -1.60. The summed E-state index contributed by atoms with van der Waals surface area (Å²) in [6, 6.07) is 5.09. The summed E-state index contributed by atoms with van der Waals surface area (Å²) in [5, 5.41) is 10.6. The minimum absolute atomic E-state index is 0.154. The van der Waals surface area contributed by atoms with Crippen molar-refractivity contribution in [2.45, 2.75) is 60.0 Å². The minimum atomic E-state index is -3.32. The molecular formula is C19H33N3O3S. The molecule has 0 radical (unpaired) electrons. The highest BCUT2D eigenvalue weighted by atomic mass is 32.2. The number of rotatable bonds is 8. The molecule has 0 bridgehead atoms. The van der Waals surface area contributed by atoms with Crippen LogP contribution in [0.1, 0.15) is 65.8 Å². The fourth-order valence-electron chi connectivity index (χ4n) is 2.80. The van der Waals surface area contributed by atoms with E-state index in [9.17, 15) is 13.5 Å². The molecule has 1 aromatic heterocycles. The number of sulfonamides is 1. The van der Waals surface area contributed by atoms with E-state index in [0.717, 1.165) is 25.5 Å². The summed E-state index contributed by atoms with van der Waals surface area (Å²) in [5.74, 6) is 1.30. The molecule has 0 aliphatic rings. The van der Waals surface area contributed by atoms with Gasteiger partial charge >= 0.3 is 0 Å². The van der Waals surface area contributed by atoms with Crippen molar-refractivity contribution in [3.63, 3.8) is 0 Å². The van der Waals surface area contributed by atoms with Crippen LogP contribution in [0.15, 0.2) is 18.2 Å². The van der Waals surface area contributed by atoms with Gasteiger partial charge in [-0.05, 0) is 36.5 Å².